The first-order chi connectivity index (χ1) is 15.8. The van der Waals surface area contributed by atoms with Gasteiger partial charge in [0.1, 0.15) is 12.4 Å². The van der Waals surface area contributed by atoms with Gasteiger partial charge in [0.15, 0.2) is 5.96 Å². The van der Waals surface area contributed by atoms with Crippen LogP contribution in [0, 0.1) is 0 Å². The normalized spacial score (nSPS) is 22.8. The van der Waals surface area contributed by atoms with Gasteiger partial charge in [0.2, 0.25) is 0 Å². The van der Waals surface area contributed by atoms with Crippen LogP contribution in [-0.4, -0.2) is 112 Å². The van der Waals surface area contributed by atoms with Crippen LogP contribution in [0.5, 0.6) is 5.75 Å². The third kappa shape index (κ3) is 7.95. The van der Waals surface area contributed by atoms with E-state index in [1.54, 1.807) is 0 Å². The Kier molecular flexibility index (Phi) is 11.5. The Bertz CT molecular complexity index is 726. The molecule has 3 fully saturated rings. The van der Waals surface area contributed by atoms with Crippen LogP contribution in [0.4, 0.5) is 0 Å². The van der Waals surface area contributed by atoms with Gasteiger partial charge in [0.05, 0.1) is 33.0 Å². The van der Waals surface area contributed by atoms with Crippen LogP contribution >= 0.6 is 24.0 Å². The standard InChI is InChI=1S/C24H39N5O3.HI/c1-2-25-24(29-8-7-22(20-29)28-12-16-31-17-13-28)26-19-21-5-3-4-6-23(21)32-18-11-27-9-14-30-15-10-27;/h3-6,22H,2,7-20H2,1H3,(H,25,26);1H. The lowest BCUT2D eigenvalue weighted by Crippen LogP contribution is -2.46. The molecular weight excluding hydrogens is 533 g/mol. The molecule has 0 spiro atoms. The fourth-order valence-electron chi connectivity index (χ4n) is 4.65. The van der Waals surface area contributed by atoms with E-state index in [-0.39, 0.29) is 24.0 Å². The molecule has 0 aromatic heterocycles. The molecule has 1 aromatic carbocycles. The van der Waals surface area contributed by atoms with Crippen LogP contribution in [0.15, 0.2) is 29.3 Å². The van der Waals surface area contributed by atoms with E-state index in [0.29, 0.717) is 19.2 Å². The molecule has 1 unspecified atom stereocenters. The molecule has 3 saturated heterocycles. The highest BCUT2D eigenvalue weighted by molar-refractivity contribution is 14.0. The number of hydrogen-bond acceptors (Lipinski definition) is 6. The third-order valence-electron chi connectivity index (χ3n) is 6.50. The summed E-state index contributed by atoms with van der Waals surface area (Å²) in [6.45, 7) is 14.7. The van der Waals surface area contributed by atoms with Crippen LogP contribution in [-0.2, 0) is 16.0 Å². The minimum Gasteiger partial charge on any atom is -0.492 e. The number of nitrogens with zero attached hydrogens (tertiary/aromatic N) is 4. The van der Waals surface area contributed by atoms with E-state index in [9.17, 15) is 0 Å². The maximum atomic E-state index is 6.15. The maximum Gasteiger partial charge on any atom is 0.194 e. The van der Waals surface area contributed by atoms with Crippen LogP contribution < -0.4 is 10.1 Å². The summed E-state index contributed by atoms with van der Waals surface area (Å²) in [6, 6.07) is 8.88. The second-order valence-corrected chi connectivity index (χ2v) is 8.62. The number of nitrogens with one attached hydrogen (secondary N) is 1. The highest BCUT2D eigenvalue weighted by Crippen LogP contribution is 2.21. The second-order valence-electron chi connectivity index (χ2n) is 8.62. The molecular formula is C24H40IN5O3. The minimum absolute atomic E-state index is 0. The van der Waals surface area contributed by atoms with E-state index in [2.05, 4.69) is 45.1 Å². The van der Waals surface area contributed by atoms with Gasteiger partial charge in [-0.2, -0.15) is 0 Å². The molecule has 0 bridgehead atoms. The maximum absolute atomic E-state index is 6.15. The molecule has 1 atom stereocenters. The van der Waals surface area contributed by atoms with Crippen molar-refractivity contribution in [2.45, 2.75) is 25.9 Å². The number of aliphatic imine (C=N–C) groups is 1. The topological polar surface area (TPSA) is 61.8 Å². The highest BCUT2D eigenvalue weighted by Gasteiger charge is 2.30. The Morgan fingerprint density at radius 2 is 1.79 bits per heavy atom. The van der Waals surface area contributed by atoms with E-state index in [4.69, 9.17) is 19.2 Å². The molecule has 9 heteroatoms. The lowest BCUT2D eigenvalue weighted by atomic mass is 10.2. The summed E-state index contributed by atoms with van der Waals surface area (Å²) >= 11 is 0. The molecule has 0 saturated carbocycles. The molecule has 33 heavy (non-hydrogen) atoms. The predicted octanol–water partition coefficient (Wildman–Crippen LogP) is 1.89. The summed E-state index contributed by atoms with van der Waals surface area (Å²) in [5.74, 6) is 1.94. The zero-order valence-corrected chi connectivity index (χ0v) is 22.2. The average Bonchev–Trinajstić information content (AvgIpc) is 3.34. The first kappa shape index (κ1) is 26.5. The second kappa shape index (κ2) is 14.3. The van der Waals surface area contributed by atoms with Gasteiger partial charge in [0.25, 0.3) is 0 Å². The first-order valence-electron chi connectivity index (χ1n) is 12.2. The fraction of sp³-hybridized carbons (Fsp3) is 0.708. The van der Waals surface area contributed by atoms with Gasteiger partial charge in [-0.3, -0.25) is 9.80 Å². The lowest BCUT2D eigenvalue weighted by Gasteiger charge is -2.32. The number of hydrogen-bond donors (Lipinski definition) is 1. The van der Waals surface area contributed by atoms with Gasteiger partial charge >= 0.3 is 0 Å². The number of rotatable bonds is 8. The molecule has 4 rings (SSSR count). The Labute approximate surface area is 215 Å². The van der Waals surface area contributed by atoms with Gasteiger partial charge in [-0.05, 0) is 19.4 Å². The average molecular weight is 574 g/mol. The highest BCUT2D eigenvalue weighted by atomic mass is 127. The van der Waals surface area contributed by atoms with Crippen molar-refractivity contribution >= 4 is 29.9 Å². The zero-order chi connectivity index (χ0) is 22.0. The summed E-state index contributed by atoms with van der Waals surface area (Å²) in [5.41, 5.74) is 1.13. The first-order valence-corrected chi connectivity index (χ1v) is 12.2. The smallest absolute Gasteiger partial charge is 0.194 e. The van der Waals surface area contributed by atoms with Crippen LogP contribution in [0.2, 0.25) is 0 Å². The quantitative estimate of drug-likeness (QED) is 0.290. The summed E-state index contributed by atoms with van der Waals surface area (Å²) < 4.78 is 17.1. The monoisotopic (exact) mass is 573 g/mol. The Morgan fingerprint density at radius 1 is 1.06 bits per heavy atom. The van der Waals surface area contributed by atoms with Crippen molar-refractivity contribution in [2.24, 2.45) is 4.99 Å². The molecule has 186 valence electrons. The summed E-state index contributed by atoms with van der Waals surface area (Å²) in [5, 5.41) is 3.50. The van der Waals surface area contributed by atoms with Crippen LogP contribution in [0.1, 0.15) is 18.9 Å². The van der Waals surface area contributed by atoms with E-state index in [0.717, 1.165) is 96.1 Å². The van der Waals surface area contributed by atoms with E-state index in [1.807, 2.05) is 6.07 Å². The van der Waals surface area contributed by atoms with Crippen molar-refractivity contribution < 1.29 is 14.2 Å². The fourth-order valence-corrected chi connectivity index (χ4v) is 4.65. The van der Waals surface area contributed by atoms with Crippen molar-refractivity contribution in [1.82, 2.24) is 20.0 Å². The predicted molar refractivity (Wildman–Crippen MR) is 142 cm³/mol. The molecule has 3 aliphatic heterocycles. The van der Waals surface area contributed by atoms with Gasteiger partial charge in [-0.25, -0.2) is 4.99 Å². The van der Waals surface area contributed by atoms with Crippen LogP contribution in [0.25, 0.3) is 0 Å². The number of halogens is 1. The van der Waals surface area contributed by atoms with Crippen molar-refractivity contribution in [3.05, 3.63) is 29.8 Å². The number of ether oxygens (including phenoxy) is 3. The summed E-state index contributed by atoms with van der Waals surface area (Å²) in [7, 11) is 0. The Balaban J connectivity index is 0.00000306. The third-order valence-corrected chi connectivity index (χ3v) is 6.50. The molecule has 1 aromatic rings. The molecule has 3 heterocycles. The largest absolute Gasteiger partial charge is 0.492 e. The van der Waals surface area contributed by atoms with E-state index in [1.165, 1.54) is 6.42 Å². The number of morpholine rings is 2. The zero-order valence-electron chi connectivity index (χ0n) is 19.9. The molecule has 0 amide bonds. The lowest BCUT2D eigenvalue weighted by molar-refractivity contribution is 0.0195. The van der Waals surface area contributed by atoms with Crippen molar-refractivity contribution in [1.29, 1.82) is 0 Å². The number of benzene rings is 1. The summed E-state index contributed by atoms with van der Waals surface area (Å²) in [6.07, 6.45) is 1.19. The van der Waals surface area contributed by atoms with Gasteiger partial charge in [-0.1, -0.05) is 18.2 Å². The minimum atomic E-state index is 0. The number of para-hydroxylation sites is 1. The molecule has 3 aliphatic rings. The Morgan fingerprint density at radius 3 is 2.55 bits per heavy atom. The van der Waals surface area contributed by atoms with E-state index >= 15 is 0 Å². The molecule has 0 radical (unpaired) electrons. The number of guanidine groups is 1. The van der Waals surface area contributed by atoms with Crippen molar-refractivity contribution in [2.75, 3.05) is 85.4 Å². The SMILES string of the molecule is CCNC(=NCc1ccccc1OCCN1CCOCC1)N1CCC(N2CCOCC2)C1.I. The molecule has 8 nitrogen and oxygen atoms in total. The molecule has 1 N–H and O–H groups in total. The Hall–Kier alpha value is -1.14. The van der Waals surface area contributed by atoms with Gasteiger partial charge in [0, 0.05) is 64.0 Å². The van der Waals surface area contributed by atoms with Gasteiger partial charge < -0.3 is 24.4 Å². The van der Waals surface area contributed by atoms with Gasteiger partial charge in [-0.15, -0.1) is 24.0 Å². The van der Waals surface area contributed by atoms with Crippen molar-refractivity contribution in [3.63, 3.8) is 0 Å². The summed E-state index contributed by atoms with van der Waals surface area (Å²) in [4.78, 5) is 12.4. The van der Waals surface area contributed by atoms with Crippen molar-refractivity contribution in [3.8, 4) is 5.75 Å². The molecule has 0 aliphatic carbocycles. The van der Waals surface area contributed by atoms with Crippen LogP contribution in [0.3, 0.4) is 0 Å². The van der Waals surface area contributed by atoms with E-state index < -0.39 is 0 Å². The number of likely N-dealkylation sites (tertiary alicyclic amines) is 1.